The van der Waals surface area contributed by atoms with Crippen molar-refractivity contribution in [1.29, 1.82) is 0 Å². The number of carbonyl (C=O) groups excluding carboxylic acids is 5. The van der Waals surface area contributed by atoms with Gasteiger partial charge in [0.2, 0.25) is 5.91 Å². The lowest BCUT2D eigenvalue weighted by Crippen LogP contribution is -2.63. The zero-order valence-corrected chi connectivity index (χ0v) is 47.2. The number of benzene rings is 1. The number of nitrogens with zero attached hydrogens (tertiary/aromatic N) is 7. The first-order valence-electron chi connectivity index (χ1n) is 27.0. The third kappa shape index (κ3) is 13.0. The number of likely N-dealkylation sites (N-methyl/N-ethyl adjacent to an activating group) is 1. The van der Waals surface area contributed by atoms with Gasteiger partial charge in [-0.1, -0.05) is 39.5 Å². The molecule has 5 atom stereocenters. The summed E-state index contributed by atoms with van der Waals surface area (Å²) in [4.78, 5) is 82.5. The van der Waals surface area contributed by atoms with Crippen LogP contribution in [0.25, 0.3) is 22.2 Å². The molecule has 0 aliphatic carbocycles. The lowest BCUT2D eigenvalue weighted by Gasteiger charge is -2.41. The normalized spacial score (nSPS) is 21.8. The van der Waals surface area contributed by atoms with Gasteiger partial charge in [-0.25, -0.2) is 9.82 Å². The Kier molecular flexibility index (Phi) is 18.4. The molecule has 4 amide bonds. The number of amides is 4. The Bertz CT molecular complexity index is 2780. The third-order valence-corrected chi connectivity index (χ3v) is 15.7. The molecule has 3 fully saturated rings. The molecular formula is C58H80FN9O9. The average Bonchev–Trinajstić information content (AvgIpc) is 3.71. The van der Waals surface area contributed by atoms with Gasteiger partial charge in [0.05, 0.1) is 48.5 Å². The number of aromatic nitrogens is 2. The molecule has 3 saturated heterocycles. The number of morpholine rings is 1. The maximum Gasteiger partial charge on any atom is 0.324 e. The molecule has 2 N–H and O–H groups in total. The van der Waals surface area contributed by atoms with Crippen molar-refractivity contribution >= 4 is 46.2 Å². The summed E-state index contributed by atoms with van der Waals surface area (Å²) in [5.41, 5.74) is 5.05. The van der Waals surface area contributed by atoms with Crippen molar-refractivity contribution in [1.82, 2.24) is 40.0 Å². The number of pyridine rings is 1. The lowest BCUT2D eigenvalue weighted by atomic mass is 9.84. The second-order valence-corrected chi connectivity index (χ2v) is 22.8. The van der Waals surface area contributed by atoms with E-state index in [4.69, 9.17) is 30.4 Å². The van der Waals surface area contributed by atoms with Gasteiger partial charge >= 0.3 is 5.97 Å². The number of piperidine rings is 1. The molecule has 4 aliphatic rings. The van der Waals surface area contributed by atoms with Crippen LogP contribution in [-0.2, 0) is 51.1 Å². The summed E-state index contributed by atoms with van der Waals surface area (Å²) < 4.78 is 43.5. The van der Waals surface area contributed by atoms with Crippen molar-refractivity contribution < 1.29 is 47.3 Å². The summed E-state index contributed by atoms with van der Waals surface area (Å²) in [6.45, 7) is 17.7. The van der Waals surface area contributed by atoms with E-state index in [1.165, 1.54) is 17.0 Å². The van der Waals surface area contributed by atoms with E-state index in [0.717, 1.165) is 44.0 Å². The molecule has 6 bridgehead atoms. The molecule has 0 radical (unpaired) electrons. The van der Waals surface area contributed by atoms with Crippen LogP contribution >= 0.6 is 0 Å². The maximum atomic E-state index is 16.8. The van der Waals surface area contributed by atoms with Crippen molar-refractivity contribution in [3.8, 4) is 41.2 Å². The largest absolute Gasteiger partial charge is 0.479 e. The first-order chi connectivity index (χ1) is 36.4. The number of likely N-dealkylation sites (tertiary alicyclic amines) is 1. The number of carbonyl (C=O) groups is 5. The van der Waals surface area contributed by atoms with E-state index in [9.17, 15) is 24.0 Å². The fourth-order valence-corrected chi connectivity index (χ4v) is 10.8. The van der Waals surface area contributed by atoms with Gasteiger partial charge in [0, 0.05) is 100 Å². The van der Waals surface area contributed by atoms with Crippen molar-refractivity contribution in [3.05, 3.63) is 41.7 Å². The molecule has 7 rings (SSSR count). The fraction of sp³-hybridized carbons (Fsp3) is 0.621. The fourth-order valence-electron chi connectivity index (χ4n) is 10.8. The van der Waals surface area contributed by atoms with Gasteiger partial charge in [0.1, 0.15) is 30.5 Å². The van der Waals surface area contributed by atoms with Gasteiger partial charge in [-0.15, -0.1) is 6.42 Å². The molecule has 1 aromatic carbocycles. The monoisotopic (exact) mass is 1070 g/mol. The Morgan fingerprint density at radius 1 is 1.08 bits per heavy atom. The highest BCUT2D eigenvalue weighted by atomic mass is 19.1. The van der Waals surface area contributed by atoms with Crippen molar-refractivity contribution in [2.75, 3.05) is 85.7 Å². The zero-order valence-electron chi connectivity index (χ0n) is 47.2. The van der Waals surface area contributed by atoms with E-state index in [1.54, 1.807) is 27.2 Å². The predicted molar refractivity (Wildman–Crippen MR) is 292 cm³/mol. The number of terminal acetylenes is 1. The van der Waals surface area contributed by atoms with E-state index >= 15 is 4.39 Å². The summed E-state index contributed by atoms with van der Waals surface area (Å²) in [7, 11) is 6.78. The van der Waals surface area contributed by atoms with Gasteiger partial charge in [0.15, 0.2) is 5.67 Å². The molecule has 418 valence electrons. The summed E-state index contributed by atoms with van der Waals surface area (Å²) in [5.74, 6) is 5.24. The van der Waals surface area contributed by atoms with Crippen LogP contribution in [0, 0.1) is 35.5 Å². The number of hydrazine groups is 1. The quantitative estimate of drug-likeness (QED) is 0.177. The molecule has 4 aliphatic heterocycles. The Balaban J connectivity index is 1.21. The third-order valence-electron chi connectivity index (χ3n) is 15.7. The topological polar surface area (TPSA) is 180 Å². The number of alkyl halides is 1. The van der Waals surface area contributed by atoms with Gasteiger partial charge < -0.3 is 43.5 Å². The molecule has 19 heteroatoms. The molecule has 18 nitrogen and oxygen atoms in total. The number of halogens is 1. The number of hydrogen-bond acceptors (Lipinski definition) is 13. The second kappa shape index (κ2) is 24.2. The number of ether oxygens (including phenoxy) is 4. The van der Waals surface area contributed by atoms with Crippen LogP contribution in [0.5, 0.6) is 5.75 Å². The van der Waals surface area contributed by atoms with Gasteiger partial charge in [-0.3, -0.25) is 38.9 Å². The molecule has 0 spiro atoms. The van der Waals surface area contributed by atoms with E-state index in [2.05, 4.69) is 76.9 Å². The molecule has 0 unspecified atom stereocenters. The van der Waals surface area contributed by atoms with Crippen LogP contribution in [0.3, 0.4) is 0 Å². The van der Waals surface area contributed by atoms with Gasteiger partial charge in [-0.05, 0) is 103 Å². The van der Waals surface area contributed by atoms with E-state index in [-0.39, 0.29) is 58.2 Å². The highest BCUT2D eigenvalue weighted by Gasteiger charge is 2.48. The first-order valence-corrected chi connectivity index (χ1v) is 27.0. The van der Waals surface area contributed by atoms with Crippen molar-refractivity contribution in [3.63, 3.8) is 0 Å². The Morgan fingerprint density at radius 3 is 2.47 bits per heavy atom. The van der Waals surface area contributed by atoms with Crippen LogP contribution in [-0.4, -0.2) is 175 Å². The van der Waals surface area contributed by atoms with Crippen LogP contribution in [0.1, 0.15) is 105 Å². The number of nitrogens with one attached hydrogen (secondary N) is 2. The van der Waals surface area contributed by atoms with Gasteiger partial charge in [0.25, 0.3) is 17.7 Å². The highest BCUT2D eigenvalue weighted by molar-refractivity contribution is 5.97. The highest BCUT2D eigenvalue weighted by Crippen LogP contribution is 2.43. The average molecular weight is 1070 g/mol. The predicted octanol–water partition coefficient (Wildman–Crippen LogP) is 5.30. The number of methoxy groups -OCH3 is 1. The van der Waals surface area contributed by atoms with Crippen LogP contribution in [0.15, 0.2) is 30.5 Å². The van der Waals surface area contributed by atoms with Crippen molar-refractivity contribution in [2.45, 2.75) is 142 Å². The number of esters is 1. The molecule has 3 aromatic rings. The minimum absolute atomic E-state index is 0.0263. The Morgan fingerprint density at radius 2 is 1.81 bits per heavy atom. The number of rotatable bonds is 12. The van der Waals surface area contributed by atoms with E-state index < -0.39 is 76.4 Å². The van der Waals surface area contributed by atoms with Gasteiger partial charge in [-0.2, -0.15) is 0 Å². The summed E-state index contributed by atoms with van der Waals surface area (Å²) >= 11 is 0. The molecule has 2 aromatic heterocycles. The lowest BCUT2D eigenvalue weighted by molar-refractivity contribution is -0.156. The van der Waals surface area contributed by atoms with Crippen molar-refractivity contribution in [2.24, 2.45) is 11.3 Å². The van der Waals surface area contributed by atoms with E-state index in [0.29, 0.717) is 51.3 Å². The maximum absolute atomic E-state index is 16.8. The molecular weight excluding hydrogens is 986 g/mol. The molecule has 6 heterocycles. The summed E-state index contributed by atoms with van der Waals surface area (Å²) in [6, 6.07) is 5.13. The summed E-state index contributed by atoms with van der Waals surface area (Å²) in [5, 5.41) is 5.36. The summed E-state index contributed by atoms with van der Waals surface area (Å²) in [6.07, 6.45) is 7.23. The second-order valence-electron chi connectivity index (χ2n) is 22.8. The molecule has 0 saturated carbocycles. The standard InChI is InChI=1S/C58H80FN9O9/c1-14-28-75-40-31-43(49(60-34-40)38(5)74-13)51-44-33-56(6,7)36-77-54(72)45-17-16-24-68(62-45)53(71)46(32-41-35-66(27-29-76-41)39-18-19-47(42(44)30-39)67(51)15-2)61-52(70)50(37(3)4)64(12)55(73)58(59)22-25-65(26-23-58)48(69)20-21-57(8,9)63(10)11/h1,18-19,30-31,34,37-38,41,45-46,50,62H,15-17,22-29,32-33,35-36H2,2-13H3,(H,61,70)/t38-,41-,45-,46-,50-/m0/s1. The minimum Gasteiger partial charge on any atom is -0.479 e. The van der Waals surface area contributed by atoms with Crippen LogP contribution in [0.2, 0.25) is 0 Å². The first kappa shape index (κ1) is 58.4. The number of fused-ring (bicyclic) bond motifs is 6. The minimum atomic E-state index is -2.35. The Labute approximate surface area is 454 Å². The molecule has 77 heavy (non-hydrogen) atoms. The SMILES string of the molecule is C#CCOc1cnc([C@H](C)OC)c(-c2c3c4cc(ccc4n2CC)N2CCO[C@@H](C[C@H](NC(=O)[C@H](C(C)C)N(C)C(=O)C4(F)CCN(C(=O)C#CC(C)(C)N(C)C)CC4)C(=O)N4CCC[C@H](N4)C(=O)OCC(C)(C)C3)C2)c1. The number of anilines is 1. The van der Waals surface area contributed by atoms with Crippen LogP contribution in [0.4, 0.5) is 10.1 Å². The zero-order chi connectivity index (χ0) is 56.1. The Hall–Kier alpha value is -6.25. The van der Waals surface area contributed by atoms with E-state index in [1.807, 2.05) is 45.8 Å². The van der Waals surface area contributed by atoms with Crippen LogP contribution < -0.4 is 20.4 Å². The smallest absolute Gasteiger partial charge is 0.324 e. The number of aryl methyl sites for hydroxylation is 1. The number of cyclic esters (lactones) is 1. The number of hydrogen-bond donors (Lipinski definition) is 2.